The molecule has 31 heavy (non-hydrogen) atoms. The van der Waals surface area contributed by atoms with Crippen LogP contribution in [0.25, 0.3) is 5.65 Å². The average molecular weight is 416 g/mol. The Morgan fingerprint density at radius 1 is 1.00 bits per heavy atom. The van der Waals surface area contributed by atoms with Crippen LogP contribution in [0.5, 0.6) is 0 Å². The van der Waals surface area contributed by atoms with Gasteiger partial charge in [0.2, 0.25) is 0 Å². The molecule has 0 aliphatic carbocycles. The maximum atomic E-state index is 10.8. The fourth-order valence-corrected chi connectivity index (χ4v) is 3.36. The first-order valence-electron chi connectivity index (χ1n) is 10.1. The van der Waals surface area contributed by atoms with E-state index in [2.05, 4.69) is 15.7 Å². The van der Waals surface area contributed by atoms with Crippen LogP contribution in [0.1, 0.15) is 24.8 Å². The molecule has 0 bridgehead atoms. The van der Waals surface area contributed by atoms with Gasteiger partial charge >= 0.3 is 5.97 Å². The highest BCUT2D eigenvalue weighted by Crippen LogP contribution is 2.25. The van der Waals surface area contributed by atoms with Crippen LogP contribution in [0, 0.1) is 0 Å². The number of nitrogens with one attached hydrogen (secondary N) is 2. The van der Waals surface area contributed by atoms with Crippen LogP contribution in [-0.2, 0) is 11.2 Å². The summed E-state index contributed by atoms with van der Waals surface area (Å²) in [7, 11) is 0. The molecule has 2 heterocycles. The van der Waals surface area contributed by atoms with E-state index in [1.807, 2.05) is 60.7 Å². The molecule has 2 aromatic heterocycles. The zero-order chi connectivity index (χ0) is 21.6. The third-order valence-electron chi connectivity index (χ3n) is 4.84. The molecule has 0 spiro atoms. The maximum absolute atomic E-state index is 10.8. The van der Waals surface area contributed by atoms with E-state index in [4.69, 9.17) is 15.8 Å². The zero-order valence-electron chi connectivity index (χ0n) is 17.0. The van der Waals surface area contributed by atoms with Crippen LogP contribution in [0.15, 0.2) is 66.9 Å². The Bertz CT molecular complexity index is 1190. The predicted molar refractivity (Wildman–Crippen MR) is 122 cm³/mol. The maximum Gasteiger partial charge on any atom is 0.303 e. The molecule has 0 saturated heterocycles. The number of benzene rings is 2. The average Bonchev–Trinajstić information content (AvgIpc) is 3.15. The normalized spacial score (nSPS) is 10.8. The fourth-order valence-electron chi connectivity index (χ4n) is 3.36. The summed E-state index contributed by atoms with van der Waals surface area (Å²) in [6, 6.07) is 19.2. The molecular weight excluding hydrogens is 392 g/mol. The van der Waals surface area contributed by atoms with E-state index in [0.29, 0.717) is 24.3 Å². The van der Waals surface area contributed by atoms with E-state index in [-0.39, 0.29) is 6.42 Å². The zero-order valence-corrected chi connectivity index (χ0v) is 17.0. The number of anilines is 5. The molecule has 0 saturated carbocycles. The minimum atomic E-state index is -0.777. The summed E-state index contributed by atoms with van der Waals surface area (Å²) >= 11 is 0. The highest BCUT2D eigenvalue weighted by atomic mass is 16.4. The lowest BCUT2D eigenvalue weighted by molar-refractivity contribution is -0.137. The Morgan fingerprint density at radius 2 is 1.81 bits per heavy atom. The van der Waals surface area contributed by atoms with Crippen molar-refractivity contribution in [1.29, 1.82) is 0 Å². The SMILES string of the molecule is Nc1cccc(Nc2cc(Nc3ccccc3)n3ncc(CCCCC(=O)O)c3n2)c1. The van der Waals surface area contributed by atoms with E-state index in [0.717, 1.165) is 34.8 Å². The van der Waals surface area contributed by atoms with E-state index in [9.17, 15) is 4.79 Å². The van der Waals surface area contributed by atoms with Crippen molar-refractivity contribution in [3.05, 3.63) is 72.4 Å². The third kappa shape index (κ3) is 5.11. The van der Waals surface area contributed by atoms with Crippen molar-refractivity contribution in [2.45, 2.75) is 25.7 Å². The monoisotopic (exact) mass is 416 g/mol. The number of carboxylic acids is 1. The first kappa shape index (κ1) is 20.2. The molecule has 5 N–H and O–H groups in total. The fraction of sp³-hybridized carbons (Fsp3) is 0.174. The molecule has 158 valence electrons. The smallest absolute Gasteiger partial charge is 0.303 e. The predicted octanol–water partition coefficient (Wildman–Crippen LogP) is 4.60. The van der Waals surface area contributed by atoms with Crippen molar-refractivity contribution in [2.75, 3.05) is 16.4 Å². The number of nitrogens with zero attached hydrogens (tertiary/aromatic N) is 3. The van der Waals surface area contributed by atoms with Crippen molar-refractivity contribution in [3.63, 3.8) is 0 Å². The third-order valence-corrected chi connectivity index (χ3v) is 4.84. The van der Waals surface area contributed by atoms with Crippen molar-refractivity contribution in [3.8, 4) is 0 Å². The van der Waals surface area contributed by atoms with Gasteiger partial charge in [0.1, 0.15) is 11.6 Å². The molecule has 4 rings (SSSR count). The van der Waals surface area contributed by atoms with Crippen LogP contribution in [-0.4, -0.2) is 25.7 Å². The molecule has 2 aromatic carbocycles. The number of rotatable bonds is 9. The number of fused-ring (bicyclic) bond motifs is 1. The summed E-state index contributed by atoms with van der Waals surface area (Å²) in [5.74, 6) is 0.643. The molecule has 0 radical (unpaired) electrons. The minimum Gasteiger partial charge on any atom is -0.481 e. The van der Waals surface area contributed by atoms with Gasteiger partial charge < -0.3 is 21.5 Å². The lowest BCUT2D eigenvalue weighted by Crippen LogP contribution is -2.05. The van der Waals surface area contributed by atoms with Gasteiger partial charge in [-0.1, -0.05) is 24.3 Å². The highest BCUT2D eigenvalue weighted by Gasteiger charge is 2.13. The number of hydrogen-bond acceptors (Lipinski definition) is 6. The number of unbranched alkanes of at least 4 members (excludes halogenated alkanes) is 1. The molecule has 0 fully saturated rings. The molecule has 0 atom stereocenters. The lowest BCUT2D eigenvalue weighted by atomic mass is 10.1. The number of nitrogen functional groups attached to an aromatic ring is 1. The van der Waals surface area contributed by atoms with E-state index >= 15 is 0 Å². The topological polar surface area (TPSA) is 118 Å². The second kappa shape index (κ2) is 9.17. The van der Waals surface area contributed by atoms with Gasteiger partial charge in [0.15, 0.2) is 5.65 Å². The number of para-hydroxylation sites is 1. The molecule has 4 aromatic rings. The largest absolute Gasteiger partial charge is 0.481 e. The Labute approximate surface area is 179 Å². The van der Waals surface area contributed by atoms with Gasteiger partial charge in [0, 0.05) is 35.1 Å². The molecule has 0 aliphatic rings. The summed E-state index contributed by atoms with van der Waals surface area (Å²) in [6.07, 6.45) is 4.03. The Balaban J connectivity index is 1.67. The second-order valence-electron chi connectivity index (χ2n) is 7.27. The Kier molecular flexibility index (Phi) is 5.98. The summed E-state index contributed by atoms with van der Waals surface area (Å²) in [6.45, 7) is 0. The number of aryl methyl sites for hydroxylation is 1. The highest BCUT2D eigenvalue weighted by molar-refractivity contribution is 5.69. The number of carbonyl (C=O) groups is 1. The van der Waals surface area contributed by atoms with E-state index in [1.54, 1.807) is 10.7 Å². The summed E-state index contributed by atoms with van der Waals surface area (Å²) in [4.78, 5) is 15.5. The van der Waals surface area contributed by atoms with Gasteiger partial charge in [-0.25, -0.2) is 4.98 Å². The quantitative estimate of drug-likeness (QED) is 0.233. The minimum absolute atomic E-state index is 0.162. The van der Waals surface area contributed by atoms with Crippen LogP contribution in [0.3, 0.4) is 0 Å². The molecule has 0 amide bonds. The summed E-state index contributed by atoms with van der Waals surface area (Å²) in [5, 5.41) is 20.1. The van der Waals surface area contributed by atoms with Crippen LogP contribution in [0.4, 0.5) is 28.7 Å². The van der Waals surface area contributed by atoms with Gasteiger partial charge in [0.25, 0.3) is 0 Å². The summed E-state index contributed by atoms with van der Waals surface area (Å²) < 4.78 is 1.77. The van der Waals surface area contributed by atoms with Crippen molar-refractivity contribution >= 4 is 40.3 Å². The van der Waals surface area contributed by atoms with Crippen molar-refractivity contribution in [2.24, 2.45) is 0 Å². The first-order chi connectivity index (χ1) is 15.1. The van der Waals surface area contributed by atoms with Crippen molar-refractivity contribution < 1.29 is 9.90 Å². The first-order valence-corrected chi connectivity index (χ1v) is 10.1. The van der Waals surface area contributed by atoms with Crippen LogP contribution >= 0.6 is 0 Å². The van der Waals surface area contributed by atoms with Crippen LogP contribution < -0.4 is 16.4 Å². The van der Waals surface area contributed by atoms with Gasteiger partial charge in [-0.3, -0.25) is 4.79 Å². The Hall–Kier alpha value is -4.07. The standard InChI is InChI=1S/C23H24N6O2/c24-17-8-6-11-19(13-17)26-20-14-21(27-18-9-2-1-3-10-18)29-23(28-20)16(15-25-29)7-4-5-12-22(30)31/h1-3,6,8-11,13-15,27H,4-5,7,12,24H2,(H,26,28)(H,30,31). The number of nitrogens with two attached hydrogens (primary N) is 1. The number of aliphatic carboxylic acids is 1. The number of aromatic nitrogens is 3. The van der Waals surface area contributed by atoms with Gasteiger partial charge in [-0.05, 0) is 49.6 Å². The lowest BCUT2D eigenvalue weighted by Gasteiger charge is -2.12. The van der Waals surface area contributed by atoms with E-state index < -0.39 is 5.97 Å². The molecule has 8 heteroatoms. The molecule has 0 unspecified atom stereocenters. The van der Waals surface area contributed by atoms with Gasteiger partial charge in [-0.2, -0.15) is 9.61 Å². The van der Waals surface area contributed by atoms with Gasteiger partial charge in [0.05, 0.1) is 6.20 Å². The van der Waals surface area contributed by atoms with Gasteiger partial charge in [-0.15, -0.1) is 0 Å². The molecule has 0 aliphatic heterocycles. The molecular formula is C23H24N6O2. The number of carboxylic acid groups (broad SMARTS) is 1. The van der Waals surface area contributed by atoms with E-state index in [1.165, 1.54) is 0 Å². The summed E-state index contributed by atoms with van der Waals surface area (Å²) in [5.41, 5.74) is 10.0. The Morgan fingerprint density at radius 3 is 2.58 bits per heavy atom. The second-order valence-corrected chi connectivity index (χ2v) is 7.27. The molecule has 8 nitrogen and oxygen atoms in total. The van der Waals surface area contributed by atoms with Crippen LogP contribution in [0.2, 0.25) is 0 Å². The van der Waals surface area contributed by atoms with Crippen molar-refractivity contribution in [1.82, 2.24) is 14.6 Å². The number of hydrogen-bond donors (Lipinski definition) is 4.